The molecule has 0 N–H and O–H groups in total. The van der Waals surface area contributed by atoms with Crippen LogP contribution in [0.3, 0.4) is 0 Å². The molecule has 0 radical (unpaired) electrons. The molecule has 2 aliphatic heterocycles. The molecule has 3 aliphatic rings. The zero-order valence-electron chi connectivity index (χ0n) is 16.4. The van der Waals surface area contributed by atoms with Gasteiger partial charge in [-0.2, -0.15) is 0 Å². The van der Waals surface area contributed by atoms with Crippen LogP contribution in [0.25, 0.3) is 0 Å². The van der Waals surface area contributed by atoms with Crippen molar-refractivity contribution in [1.82, 2.24) is 9.80 Å². The molecule has 0 saturated carbocycles. The number of morpholine rings is 1. The van der Waals surface area contributed by atoms with E-state index in [9.17, 15) is 4.79 Å². The van der Waals surface area contributed by atoms with Gasteiger partial charge in [0.05, 0.1) is 20.3 Å². The van der Waals surface area contributed by atoms with Crippen molar-refractivity contribution >= 4 is 5.97 Å². The third-order valence-electron chi connectivity index (χ3n) is 6.73. The summed E-state index contributed by atoms with van der Waals surface area (Å²) >= 11 is 0. The van der Waals surface area contributed by atoms with Crippen molar-refractivity contribution in [2.24, 2.45) is 5.92 Å². The number of carbonyl (C=O) groups excluding carboxylic acids is 1. The van der Waals surface area contributed by atoms with Crippen LogP contribution in [0.2, 0.25) is 0 Å². The van der Waals surface area contributed by atoms with Gasteiger partial charge in [-0.3, -0.25) is 14.6 Å². The van der Waals surface area contributed by atoms with E-state index >= 15 is 0 Å². The monoisotopic (exact) mass is 372 g/mol. The molecule has 0 spiro atoms. The molecule has 0 unspecified atom stereocenters. The summed E-state index contributed by atoms with van der Waals surface area (Å²) < 4.78 is 10.5. The number of benzene rings is 1. The molecule has 0 bridgehead atoms. The van der Waals surface area contributed by atoms with E-state index < -0.39 is 0 Å². The van der Waals surface area contributed by atoms with Crippen LogP contribution in [0.15, 0.2) is 24.3 Å². The fourth-order valence-corrected chi connectivity index (χ4v) is 5.25. The normalized spacial score (nSPS) is 27.4. The molecular formula is C22H32N2O3. The first-order chi connectivity index (χ1) is 13.2. The largest absolute Gasteiger partial charge is 0.469 e. The summed E-state index contributed by atoms with van der Waals surface area (Å²) in [5.74, 6) is 0.445. The molecule has 5 heteroatoms. The molecule has 2 saturated heterocycles. The Morgan fingerprint density at radius 3 is 2.48 bits per heavy atom. The number of methoxy groups -OCH3 is 1. The number of ether oxygens (including phenoxy) is 2. The van der Waals surface area contributed by atoms with Gasteiger partial charge in [0, 0.05) is 38.1 Å². The van der Waals surface area contributed by atoms with E-state index in [0.717, 1.165) is 45.8 Å². The minimum absolute atomic E-state index is 0.0823. The Labute approximate surface area is 162 Å². The van der Waals surface area contributed by atoms with Crippen molar-refractivity contribution in [3.05, 3.63) is 35.4 Å². The highest BCUT2D eigenvalue weighted by Crippen LogP contribution is 2.32. The topological polar surface area (TPSA) is 42.0 Å². The summed E-state index contributed by atoms with van der Waals surface area (Å²) in [7, 11) is 1.49. The fraction of sp³-hybridized carbons (Fsp3) is 0.682. The Balaban J connectivity index is 1.42. The van der Waals surface area contributed by atoms with Crippen molar-refractivity contribution in [3.8, 4) is 0 Å². The lowest BCUT2D eigenvalue weighted by Crippen LogP contribution is -2.56. The minimum atomic E-state index is -0.0823. The fourth-order valence-electron chi connectivity index (χ4n) is 5.25. The van der Waals surface area contributed by atoms with E-state index in [-0.39, 0.29) is 5.97 Å². The van der Waals surface area contributed by atoms with Crippen LogP contribution >= 0.6 is 0 Å². The first kappa shape index (κ1) is 18.9. The molecule has 148 valence electrons. The molecule has 2 heterocycles. The zero-order valence-corrected chi connectivity index (χ0v) is 16.4. The first-order valence-corrected chi connectivity index (χ1v) is 10.4. The molecule has 0 amide bonds. The highest BCUT2D eigenvalue weighted by molar-refractivity contribution is 5.69. The maximum Gasteiger partial charge on any atom is 0.305 e. The molecule has 1 aromatic carbocycles. The van der Waals surface area contributed by atoms with Crippen LogP contribution in [-0.2, 0) is 27.1 Å². The van der Waals surface area contributed by atoms with Crippen LogP contribution in [0.5, 0.6) is 0 Å². The molecule has 1 aliphatic carbocycles. The number of hydrogen-bond acceptors (Lipinski definition) is 5. The number of nitrogens with zero attached hydrogens (tertiary/aromatic N) is 2. The summed E-state index contributed by atoms with van der Waals surface area (Å²) in [5.41, 5.74) is 3.04. The van der Waals surface area contributed by atoms with E-state index in [4.69, 9.17) is 9.47 Å². The van der Waals surface area contributed by atoms with Crippen LogP contribution in [0, 0.1) is 5.92 Å². The van der Waals surface area contributed by atoms with Gasteiger partial charge in [-0.25, -0.2) is 0 Å². The number of likely N-dealkylation sites (tertiary alicyclic amines) is 1. The van der Waals surface area contributed by atoms with Gasteiger partial charge in [-0.1, -0.05) is 24.3 Å². The molecule has 5 nitrogen and oxygen atoms in total. The number of carbonyl (C=O) groups is 1. The second-order valence-corrected chi connectivity index (χ2v) is 8.20. The van der Waals surface area contributed by atoms with Gasteiger partial charge >= 0.3 is 5.97 Å². The maximum absolute atomic E-state index is 11.8. The number of rotatable bonds is 5. The third kappa shape index (κ3) is 4.36. The van der Waals surface area contributed by atoms with Crippen molar-refractivity contribution < 1.29 is 14.3 Å². The Hall–Kier alpha value is -1.43. The van der Waals surface area contributed by atoms with Gasteiger partial charge in [0.1, 0.15) is 0 Å². The number of hydrogen-bond donors (Lipinski definition) is 0. The highest BCUT2D eigenvalue weighted by atomic mass is 16.5. The molecule has 27 heavy (non-hydrogen) atoms. The Morgan fingerprint density at radius 2 is 1.81 bits per heavy atom. The molecule has 2 atom stereocenters. The summed E-state index contributed by atoms with van der Waals surface area (Å²) in [6, 6.07) is 10.1. The van der Waals surface area contributed by atoms with Crippen molar-refractivity contribution in [3.63, 3.8) is 0 Å². The standard InChI is InChI=1S/C22H32N2O3/c1-26-22(25)7-6-19-16-24(9-8-21(19)23-10-12-27-13-11-23)20-14-17-4-2-3-5-18(17)15-20/h2-5,19-21H,6-16H2,1H3/t19-,21+/m1/s1. The average Bonchev–Trinajstić information content (AvgIpc) is 3.16. The Morgan fingerprint density at radius 1 is 1.11 bits per heavy atom. The predicted molar refractivity (Wildman–Crippen MR) is 105 cm³/mol. The average molecular weight is 373 g/mol. The van der Waals surface area contributed by atoms with Crippen molar-refractivity contribution in [2.75, 3.05) is 46.5 Å². The van der Waals surface area contributed by atoms with Crippen LogP contribution < -0.4 is 0 Å². The lowest BCUT2D eigenvalue weighted by Gasteiger charge is -2.46. The Kier molecular flexibility index (Phi) is 6.11. The summed E-state index contributed by atoms with van der Waals surface area (Å²) in [6.07, 6.45) is 4.98. The first-order valence-electron chi connectivity index (χ1n) is 10.4. The smallest absolute Gasteiger partial charge is 0.305 e. The number of fused-ring (bicyclic) bond motifs is 1. The third-order valence-corrected chi connectivity index (χ3v) is 6.73. The summed E-state index contributed by atoms with van der Waals surface area (Å²) in [4.78, 5) is 17.1. The molecule has 4 rings (SSSR count). The molecule has 2 fully saturated rings. The van der Waals surface area contributed by atoms with Gasteiger partial charge < -0.3 is 9.47 Å². The van der Waals surface area contributed by atoms with Gasteiger partial charge in [-0.05, 0) is 49.3 Å². The van der Waals surface area contributed by atoms with Gasteiger partial charge in [-0.15, -0.1) is 0 Å². The zero-order chi connectivity index (χ0) is 18.6. The SMILES string of the molecule is COC(=O)CC[C@@H]1CN(C2Cc3ccccc3C2)CC[C@@H]1N1CCOCC1. The van der Waals surface area contributed by atoms with E-state index in [1.807, 2.05) is 0 Å². The summed E-state index contributed by atoms with van der Waals surface area (Å²) in [6.45, 7) is 5.97. The highest BCUT2D eigenvalue weighted by Gasteiger charge is 2.37. The van der Waals surface area contributed by atoms with Crippen molar-refractivity contribution in [2.45, 2.75) is 44.2 Å². The quantitative estimate of drug-likeness (QED) is 0.741. The number of esters is 1. The second kappa shape index (κ2) is 8.72. The van der Waals surface area contributed by atoms with Crippen molar-refractivity contribution in [1.29, 1.82) is 0 Å². The van der Waals surface area contributed by atoms with Gasteiger partial charge in [0.25, 0.3) is 0 Å². The Bertz CT molecular complexity index is 619. The summed E-state index contributed by atoms with van der Waals surface area (Å²) in [5, 5.41) is 0. The van der Waals surface area contributed by atoms with E-state index in [2.05, 4.69) is 34.1 Å². The lowest BCUT2D eigenvalue weighted by atomic mass is 9.86. The van der Waals surface area contributed by atoms with Gasteiger partial charge in [0.2, 0.25) is 0 Å². The van der Waals surface area contributed by atoms with Gasteiger partial charge in [0.15, 0.2) is 0 Å². The van der Waals surface area contributed by atoms with E-state index in [1.54, 1.807) is 0 Å². The predicted octanol–water partition coefficient (Wildman–Crippen LogP) is 2.13. The second-order valence-electron chi connectivity index (χ2n) is 8.20. The molecule has 1 aromatic rings. The van der Waals surface area contributed by atoms with Crippen LogP contribution in [0.1, 0.15) is 30.4 Å². The lowest BCUT2D eigenvalue weighted by molar-refractivity contribution is -0.141. The number of piperidine rings is 1. The molecular weight excluding hydrogens is 340 g/mol. The van der Waals surface area contributed by atoms with Crippen LogP contribution in [0.4, 0.5) is 0 Å². The molecule has 0 aromatic heterocycles. The van der Waals surface area contributed by atoms with E-state index in [0.29, 0.717) is 24.4 Å². The van der Waals surface area contributed by atoms with E-state index in [1.165, 1.54) is 37.5 Å². The van der Waals surface area contributed by atoms with Crippen LogP contribution in [-0.4, -0.2) is 74.4 Å². The maximum atomic E-state index is 11.8. The minimum Gasteiger partial charge on any atom is -0.469 e.